The van der Waals surface area contributed by atoms with Crippen molar-refractivity contribution >= 4 is 33.2 Å². The molecule has 4 atom stereocenters. The second-order valence-corrected chi connectivity index (χ2v) is 15.1. The molecule has 0 fully saturated rings. The number of anilines is 1. The van der Waals surface area contributed by atoms with Gasteiger partial charge in [0.1, 0.15) is 5.75 Å². The molecule has 1 amide bonds. The van der Waals surface area contributed by atoms with Crippen molar-refractivity contribution in [1.82, 2.24) is 9.80 Å². The molecule has 0 aromatic heterocycles. The first-order valence-electron chi connectivity index (χ1n) is 16.6. The lowest BCUT2D eigenvalue weighted by Gasteiger charge is -2.36. The van der Waals surface area contributed by atoms with Gasteiger partial charge in [-0.1, -0.05) is 24.6 Å². The van der Waals surface area contributed by atoms with Crippen LogP contribution in [-0.4, -0.2) is 87.6 Å². The van der Waals surface area contributed by atoms with Crippen LogP contribution in [0.2, 0.25) is 5.02 Å². The van der Waals surface area contributed by atoms with Crippen LogP contribution >= 0.6 is 11.6 Å². The summed E-state index contributed by atoms with van der Waals surface area (Å²) < 4.78 is 52.8. The van der Waals surface area contributed by atoms with Crippen molar-refractivity contribution < 1.29 is 37.3 Å². The lowest BCUT2D eigenvalue weighted by molar-refractivity contribution is -0.0177. The highest BCUT2D eigenvalue weighted by Crippen LogP contribution is 2.33. The Balaban J connectivity index is 1.40. The van der Waals surface area contributed by atoms with Crippen LogP contribution < -0.4 is 18.9 Å². The fourth-order valence-corrected chi connectivity index (χ4v) is 7.17. The Morgan fingerprint density at radius 2 is 1.76 bits per heavy atom. The molecule has 3 aromatic carbocycles. The van der Waals surface area contributed by atoms with E-state index in [1.165, 1.54) is 30.3 Å². The van der Waals surface area contributed by atoms with Gasteiger partial charge in [-0.3, -0.25) is 14.4 Å². The Kier molecular flexibility index (Phi) is 12.3. The van der Waals surface area contributed by atoms with E-state index in [1.807, 2.05) is 39.1 Å². The molecule has 2 aliphatic rings. The van der Waals surface area contributed by atoms with Crippen LogP contribution in [0.3, 0.4) is 0 Å². The minimum atomic E-state index is -3.97. The van der Waals surface area contributed by atoms with Gasteiger partial charge in [-0.2, -0.15) is 0 Å². The van der Waals surface area contributed by atoms with E-state index < -0.39 is 16.1 Å². The number of hydrogen-bond donors (Lipinski definition) is 2. The minimum Gasteiger partial charge on any atom is -0.490 e. The van der Waals surface area contributed by atoms with Crippen molar-refractivity contribution in [2.24, 2.45) is 5.92 Å². The van der Waals surface area contributed by atoms with E-state index in [0.29, 0.717) is 37.0 Å². The fourth-order valence-electron chi connectivity index (χ4n) is 6.00. The van der Waals surface area contributed by atoms with E-state index in [1.54, 1.807) is 24.0 Å². The highest BCUT2D eigenvalue weighted by molar-refractivity contribution is 7.92. The third-order valence-corrected chi connectivity index (χ3v) is 10.5. The van der Waals surface area contributed by atoms with Crippen molar-refractivity contribution in [2.75, 3.05) is 44.9 Å². The quantitative estimate of drug-likeness (QED) is 0.283. The second kappa shape index (κ2) is 16.4. The van der Waals surface area contributed by atoms with Crippen molar-refractivity contribution in [1.29, 1.82) is 0 Å². The molecule has 2 heterocycles. The van der Waals surface area contributed by atoms with Crippen LogP contribution in [0.5, 0.6) is 17.2 Å². The number of aliphatic hydroxyl groups excluding tert-OH is 1. The standard InChI is InChI=1S/C36H46ClN3O8S/c1-24-19-40(25(2)22-41)36(42)31-18-29(38-49(43,44)30-12-9-28(37)10-13-30)11-15-32(31)48-26(3)7-5-6-16-45-35(24)21-39(4)20-27-8-14-33-34(17-27)47-23-46-33/h8-15,17-18,24-26,35,38,41H,5-7,16,19-23H2,1-4H3/t24-,25+,26+,35-/m0/s1. The molecule has 0 spiro atoms. The number of fused-ring (bicyclic) bond motifs is 2. The largest absolute Gasteiger partial charge is 0.490 e. The molecule has 11 nitrogen and oxygen atoms in total. The number of benzene rings is 3. The van der Waals surface area contributed by atoms with Gasteiger partial charge in [-0.05, 0) is 100 Å². The number of nitrogens with zero attached hydrogens (tertiary/aromatic N) is 2. The summed E-state index contributed by atoms with van der Waals surface area (Å²) in [6.07, 6.45) is 2.02. The molecule has 0 saturated heterocycles. The van der Waals surface area contributed by atoms with Crippen LogP contribution in [0, 0.1) is 5.92 Å². The zero-order valence-electron chi connectivity index (χ0n) is 28.4. The average Bonchev–Trinajstić information content (AvgIpc) is 3.54. The number of ether oxygens (including phenoxy) is 4. The van der Waals surface area contributed by atoms with Crippen LogP contribution in [0.25, 0.3) is 0 Å². The molecule has 266 valence electrons. The molecule has 13 heteroatoms. The number of carbonyl (C=O) groups is 1. The van der Waals surface area contributed by atoms with Gasteiger partial charge in [-0.25, -0.2) is 8.42 Å². The monoisotopic (exact) mass is 715 g/mol. The molecule has 2 aliphatic heterocycles. The Labute approximate surface area is 294 Å². The SMILES string of the molecule is C[C@@H]1CCCCO[C@@H](CN(C)Cc2ccc3c(c2)OCO3)[C@@H](C)CN([C@H](C)CO)C(=O)c2cc(NS(=O)(=O)c3ccc(Cl)cc3)ccc2O1. The molecule has 5 rings (SSSR count). The van der Waals surface area contributed by atoms with Gasteiger partial charge in [0, 0.05) is 42.9 Å². The number of nitrogens with one attached hydrogen (secondary N) is 1. The van der Waals surface area contributed by atoms with E-state index in [9.17, 15) is 18.3 Å². The summed E-state index contributed by atoms with van der Waals surface area (Å²) >= 11 is 5.96. The fraction of sp³-hybridized carbons (Fsp3) is 0.472. The number of carbonyl (C=O) groups excluding carboxylic acids is 1. The number of sulfonamides is 1. The maximum atomic E-state index is 14.4. The summed E-state index contributed by atoms with van der Waals surface area (Å²) in [6, 6.07) is 15.9. The van der Waals surface area contributed by atoms with Crippen LogP contribution in [-0.2, 0) is 21.3 Å². The van der Waals surface area contributed by atoms with Gasteiger partial charge in [0.05, 0.1) is 35.3 Å². The maximum absolute atomic E-state index is 14.4. The summed E-state index contributed by atoms with van der Waals surface area (Å²) in [4.78, 5) is 18.3. The lowest BCUT2D eigenvalue weighted by atomic mass is 10.0. The first kappa shape index (κ1) is 36.7. The zero-order valence-corrected chi connectivity index (χ0v) is 30.0. The molecule has 3 aromatic rings. The highest BCUT2D eigenvalue weighted by atomic mass is 35.5. The van der Waals surface area contributed by atoms with Crippen molar-refractivity contribution in [3.05, 3.63) is 76.8 Å². The zero-order chi connectivity index (χ0) is 35.1. The Hall–Kier alpha value is -3.55. The second-order valence-electron chi connectivity index (χ2n) is 13.0. The number of aliphatic hydroxyl groups is 1. The predicted octanol–water partition coefficient (Wildman–Crippen LogP) is 5.80. The van der Waals surface area contributed by atoms with Gasteiger partial charge in [0.2, 0.25) is 6.79 Å². The summed E-state index contributed by atoms with van der Waals surface area (Å²) in [5.41, 5.74) is 1.49. The number of amides is 1. The van der Waals surface area contributed by atoms with Crippen LogP contribution in [0.4, 0.5) is 5.69 Å². The van der Waals surface area contributed by atoms with Gasteiger partial charge in [0.25, 0.3) is 15.9 Å². The Morgan fingerprint density at radius 3 is 2.51 bits per heavy atom. The highest BCUT2D eigenvalue weighted by Gasteiger charge is 2.31. The minimum absolute atomic E-state index is 0.0343. The third kappa shape index (κ3) is 9.58. The van der Waals surface area contributed by atoms with E-state index in [-0.39, 0.29) is 53.6 Å². The molecule has 0 radical (unpaired) electrons. The predicted molar refractivity (Wildman–Crippen MR) is 188 cm³/mol. The molecule has 0 saturated carbocycles. The molecule has 0 unspecified atom stereocenters. The molecular formula is C36H46ClN3O8S. The molecule has 49 heavy (non-hydrogen) atoms. The summed E-state index contributed by atoms with van der Waals surface area (Å²) in [5, 5.41) is 10.7. The van der Waals surface area contributed by atoms with E-state index in [0.717, 1.165) is 36.3 Å². The summed E-state index contributed by atoms with van der Waals surface area (Å²) in [6.45, 7) is 7.87. The van der Waals surface area contributed by atoms with Crippen LogP contribution in [0.15, 0.2) is 65.6 Å². The van der Waals surface area contributed by atoms with E-state index in [2.05, 4.69) is 9.62 Å². The first-order valence-corrected chi connectivity index (χ1v) is 18.5. The Bertz CT molecular complexity index is 1690. The van der Waals surface area contributed by atoms with Gasteiger partial charge < -0.3 is 29.0 Å². The molecule has 0 aliphatic carbocycles. The Morgan fingerprint density at radius 1 is 1.02 bits per heavy atom. The number of likely N-dealkylation sites (N-methyl/N-ethyl adjacent to an activating group) is 1. The maximum Gasteiger partial charge on any atom is 0.261 e. The van der Waals surface area contributed by atoms with E-state index in [4.69, 9.17) is 30.5 Å². The number of halogens is 1. The number of hydrogen-bond acceptors (Lipinski definition) is 9. The van der Waals surface area contributed by atoms with Crippen molar-refractivity contribution in [2.45, 2.75) is 69.7 Å². The van der Waals surface area contributed by atoms with Gasteiger partial charge in [0.15, 0.2) is 11.5 Å². The van der Waals surface area contributed by atoms with Crippen LogP contribution in [0.1, 0.15) is 56.0 Å². The van der Waals surface area contributed by atoms with Crippen molar-refractivity contribution in [3.63, 3.8) is 0 Å². The van der Waals surface area contributed by atoms with Crippen molar-refractivity contribution in [3.8, 4) is 17.2 Å². The average molecular weight is 716 g/mol. The molecule has 2 N–H and O–H groups in total. The summed E-state index contributed by atoms with van der Waals surface area (Å²) in [5.74, 6) is 1.33. The van der Waals surface area contributed by atoms with E-state index >= 15 is 0 Å². The molecule has 0 bridgehead atoms. The normalized spacial score (nSPS) is 21.1. The first-order chi connectivity index (χ1) is 23.4. The topological polar surface area (TPSA) is 127 Å². The van der Waals surface area contributed by atoms with Gasteiger partial charge >= 0.3 is 0 Å². The molecular weight excluding hydrogens is 670 g/mol. The number of rotatable bonds is 9. The summed E-state index contributed by atoms with van der Waals surface area (Å²) in [7, 11) is -1.94. The smallest absolute Gasteiger partial charge is 0.261 e. The van der Waals surface area contributed by atoms with Gasteiger partial charge in [-0.15, -0.1) is 0 Å². The lowest BCUT2D eigenvalue weighted by Crippen LogP contribution is -2.47. The third-order valence-electron chi connectivity index (χ3n) is 8.81.